The Bertz CT molecular complexity index is 1410. The van der Waals surface area contributed by atoms with Crippen molar-refractivity contribution in [1.29, 1.82) is 0 Å². The van der Waals surface area contributed by atoms with E-state index in [-0.39, 0.29) is 30.8 Å². The van der Waals surface area contributed by atoms with Gasteiger partial charge >= 0.3 is 0 Å². The van der Waals surface area contributed by atoms with Crippen molar-refractivity contribution >= 4 is 34.1 Å². The average molecular weight is 559 g/mol. The molecule has 206 valence electrons. The lowest BCUT2D eigenvalue weighted by molar-refractivity contribution is -0.116. The van der Waals surface area contributed by atoms with Crippen LogP contribution in [0.3, 0.4) is 0 Å². The Morgan fingerprint density at radius 3 is 2.42 bits per heavy atom. The quantitative estimate of drug-likeness (QED) is 0.233. The van der Waals surface area contributed by atoms with Gasteiger partial charge in [0.1, 0.15) is 10.8 Å². The van der Waals surface area contributed by atoms with Crippen molar-refractivity contribution in [2.24, 2.45) is 0 Å². The van der Waals surface area contributed by atoms with E-state index in [1.54, 1.807) is 24.5 Å². The normalized spacial score (nSPS) is 12.9. The molecule has 1 aliphatic carbocycles. The third kappa shape index (κ3) is 8.34. The molecule has 0 bridgehead atoms. The SMILES string of the molecule is O=C(Cc1ccccn1)Nc1ccc(CCCCc2nnc(NC(=O)Cc3cc(OC4CCC4)ccn3)s2)nn1. The minimum absolute atomic E-state index is 0.143. The molecule has 0 aliphatic heterocycles. The van der Waals surface area contributed by atoms with E-state index in [1.165, 1.54) is 17.8 Å². The average Bonchev–Trinajstić information content (AvgIpc) is 3.37. The first-order chi connectivity index (χ1) is 19.6. The van der Waals surface area contributed by atoms with Gasteiger partial charge in [0.25, 0.3) is 0 Å². The predicted molar refractivity (Wildman–Crippen MR) is 150 cm³/mol. The largest absolute Gasteiger partial charge is 0.490 e. The fourth-order valence-corrected chi connectivity index (χ4v) is 4.83. The number of amides is 2. The molecular weight excluding hydrogens is 528 g/mol. The van der Waals surface area contributed by atoms with E-state index in [9.17, 15) is 9.59 Å². The molecule has 11 nitrogen and oxygen atoms in total. The Kier molecular flexibility index (Phi) is 9.30. The van der Waals surface area contributed by atoms with Crippen molar-refractivity contribution in [3.8, 4) is 5.75 Å². The number of nitrogens with zero attached hydrogens (tertiary/aromatic N) is 6. The Morgan fingerprint density at radius 1 is 0.825 bits per heavy atom. The molecule has 0 unspecified atom stereocenters. The molecule has 4 heterocycles. The van der Waals surface area contributed by atoms with Crippen molar-refractivity contribution in [3.05, 3.63) is 76.9 Å². The van der Waals surface area contributed by atoms with E-state index in [1.807, 2.05) is 30.3 Å². The van der Waals surface area contributed by atoms with Crippen LogP contribution in [0.1, 0.15) is 54.2 Å². The summed E-state index contributed by atoms with van der Waals surface area (Å²) in [6, 6.07) is 12.7. The summed E-state index contributed by atoms with van der Waals surface area (Å²) in [5, 5.41) is 23.5. The van der Waals surface area contributed by atoms with Crippen molar-refractivity contribution in [3.63, 3.8) is 0 Å². The van der Waals surface area contributed by atoms with Gasteiger partial charge in [-0.25, -0.2) is 0 Å². The fourth-order valence-electron chi connectivity index (χ4n) is 4.04. The predicted octanol–water partition coefficient (Wildman–Crippen LogP) is 3.98. The Morgan fingerprint density at radius 2 is 1.65 bits per heavy atom. The summed E-state index contributed by atoms with van der Waals surface area (Å²) in [5.74, 6) is 0.795. The molecule has 12 heteroatoms. The van der Waals surface area contributed by atoms with Crippen molar-refractivity contribution in [1.82, 2.24) is 30.4 Å². The third-order valence-electron chi connectivity index (χ3n) is 6.33. The number of unbranched alkanes of at least 4 members (excludes halogenated alkanes) is 1. The summed E-state index contributed by atoms with van der Waals surface area (Å²) >= 11 is 1.38. The standard InChI is InChI=1S/C28H30N8O3S/c37-25(17-20-7-3-4-14-29-20)31-24-12-11-19(33-34-24)6-1-2-10-27-35-36-28(40-27)32-26(38)18-21-16-23(13-15-30-21)39-22-8-5-9-22/h3-4,7,11-16,22H,1-2,5-6,8-10,17-18H2,(H,31,34,37)(H,32,36,38). The van der Waals surface area contributed by atoms with Gasteiger partial charge in [-0.3, -0.25) is 19.6 Å². The number of hydrogen-bond acceptors (Lipinski definition) is 10. The van der Waals surface area contributed by atoms with Gasteiger partial charge in [0.2, 0.25) is 16.9 Å². The zero-order valence-electron chi connectivity index (χ0n) is 22.0. The van der Waals surface area contributed by atoms with Crippen LogP contribution in [0.2, 0.25) is 0 Å². The zero-order chi connectivity index (χ0) is 27.6. The highest BCUT2D eigenvalue weighted by Crippen LogP contribution is 2.25. The molecule has 0 radical (unpaired) electrons. The van der Waals surface area contributed by atoms with Crippen LogP contribution in [0.15, 0.2) is 54.9 Å². The van der Waals surface area contributed by atoms with E-state index in [0.717, 1.165) is 55.0 Å². The van der Waals surface area contributed by atoms with Crippen LogP contribution in [-0.2, 0) is 35.3 Å². The third-order valence-corrected chi connectivity index (χ3v) is 7.22. The summed E-state index contributed by atoms with van der Waals surface area (Å²) in [4.78, 5) is 33.1. The van der Waals surface area contributed by atoms with E-state index in [2.05, 4.69) is 41.0 Å². The molecule has 1 fully saturated rings. The minimum Gasteiger partial charge on any atom is -0.490 e. The molecule has 40 heavy (non-hydrogen) atoms. The van der Waals surface area contributed by atoms with Gasteiger partial charge < -0.3 is 15.4 Å². The first kappa shape index (κ1) is 27.3. The lowest BCUT2D eigenvalue weighted by Gasteiger charge is -2.26. The van der Waals surface area contributed by atoms with Crippen molar-refractivity contribution < 1.29 is 14.3 Å². The van der Waals surface area contributed by atoms with Crippen LogP contribution in [-0.4, -0.2) is 48.3 Å². The number of nitrogens with one attached hydrogen (secondary N) is 2. The number of carbonyl (C=O) groups excluding carboxylic acids is 2. The summed E-state index contributed by atoms with van der Waals surface area (Å²) in [6.45, 7) is 0. The summed E-state index contributed by atoms with van der Waals surface area (Å²) in [7, 11) is 0. The van der Waals surface area contributed by atoms with Crippen LogP contribution >= 0.6 is 11.3 Å². The van der Waals surface area contributed by atoms with Gasteiger partial charge in [-0.15, -0.1) is 15.3 Å². The van der Waals surface area contributed by atoms with Gasteiger partial charge in [-0.1, -0.05) is 17.4 Å². The highest BCUT2D eigenvalue weighted by atomic mass is 32.1. The van der Waals surface area contributed by atoms with Crippen LogP contribution in [0, 0.1) is 0 Å². The van der Waals surface area contributed by atoms with E-state index < -0.39 is 0 Å². The van der Waals surface area contributed by atoms with E-state index in [0.29, 0.717) is 22.3 Å². The molecule has 1 aliphatic rings. The second kappa shape index (κ2) is 13.7. The number of carbonyl (C=O) groups is 2. The number of rotatable bonds is 13. The van der Waals surface area contributed by atoms with Gasteiger partial charge in [-0.05, 0) is 68.9 Å². The van der Waals surface area contributed by atoms with Crippen molar-refractivity contribution in [2.45, 2.75) is 63.9 Å². The van der Waals surface area contributed by atoms with Gasteiger partial charge in [0.15, 0.2) is 5.82 Å². The molecule has 4 aromatic heterocycles. The highest BCUT2D eigenvalue weighted by Gasteiger charge is 2.19. The molecule has 0 aromatic carbocycles. The van der Waals surface area contributed by atoms with Crippen LogP contribution < -0.4 is 15.4 Å². The number of ether oxygens (including phenoxy) is 1. The molecular formula is C28H30N8O3S. The maximum absolute atomic E-state index is 12.5. The fraction of sp³-hybridized carbons (Fsp3) is 0.357. The van der Waals surface area contributed by atoms with Crippen LogP contribution in [0.25, 0.3) is 0 Å². The summed E-state index contributed by atoms with van der Waals surface area (Å²) < 4.78 is 5.89. The first-order valence-corrected chi connectivity index (χ1v) is 14.2. The second-order valence-corrected chi connectivity index (χ2v) is 10.6. The van der Waals surface area contributed by atoms with Gasteiger partial charge in [0, 0.05) is 30.6 Å². The van der Waals surface area contributed by atoms with Crippen molar-refractivity contribution in [2.75, 3.05) is 10.6 Å². The highest BCUT2D eigenvalue weighted by molar-refractivity contribution is 7.15. The molecule has 1 saturated carbocycles. The molecule has 5 rings (SSSR count). The topological polar surface area (TPSA) is 145 Å². The monoisotopic (exact) mass is 558 g/mol. The summed E-state index contributed by atoms with van der Waals surface area (Å²) in [6.07, 6.45) is 10.6. The minimum atomic E-state index is -0.189. The molecule has 2 N–H and O–H groups in total. The van der Waals surface area contributed by atoms with Crippen LogP contribution in [0.5, 0.6) is 5.75 Å². The maximum Gasteiger partial charge on any atom is 0.232 e. The number of hydrogen-bond donors (Lipinski definition) is 2. The first-order valence-electron chi connectivity index (χ1n) is 13.4. The lowest BCUT2D eigenvalue weighted by atomic mass is 9.96. The number of anilines is 2. The number of aromatic nitrogens is 6. The Balaban J connectivity index is 0.995. The lowest BCUT2D eigenvalue weighted by Crippen LogP contribution is -2.24. The smallest absolute Gasteiger partial charge is 0.232 e. The van der Waals surface area contributed by atoms with E-state index >= 15 is 0 Å². The Labute approximate surface area is 235 Å². The Hall–Kier alpha value is -4.32. The molecule has 4 aromatic rings. The van der Waals surface area contributed by atoms with Gasteiger partial charge in [0.05, 0.1) is 30.3 Å². The molecule has 0 atom stereocenters. The van der Waals surface area contributed by atoms with Gasteiger partial charge in [-0.2, -0.15) is 5.10 Å². The molecule has 2 amide bonds. The second-order valence-electron chi connectivity index (χ2n) is 9.54. The van der Waals surface area contributed by atoms with E-state index in [4.69, 9.17) is 4.74 Å². The zero-order valence-corrected chi connectivity index (χ0v) is 22.8. The maximum atomic E-state index is 12.5. The van der Waals surface area contributed by atoms with Crippen LogP contribution in [0.4, 0.5) is 10.9 Å². The number of aryl methyl sites for hydroxylation is 2. The summed E-state index contributed by atoms with van der Waals surface area (Å²) in [5.41, 5.74) is 2.20. The molecule has 0 saturated heterocycles. The molecule has 0 spiro atoms. The number of pyridine rings is 2.